The van der Waals surface area contributed by atoms with E-state index in [1.54, 1.807) is 31.4 Å². The van der Waals surface area contributed by atoms with Crippen LogP contribution in [0.3, 0.4) is 0 Å². The van der Waals surface area contributed by atoms with Gasteiger partial charge >= 0.3 is 0 Å². The van der Waals surface area contributed by atoms with Crippen molar-refractivity contribution < 1.29 is 18.6 Å². The smallest absolute Gasteiger partial charge is 0.159 e. The number of ether oxygens (including phenoxy) is 1. The van der Waals surface area contributed by atoms with Gasteiger partial charge < -0.3 is 9.84 Å². The molecule has 100 valence electrons. The fraction of sp³-hybridized carbons (Fsp3) is 0.200. The van der Waals surface area contributed by atoms with Crippen molar-refractivity contribution in [2.24, 2.45) is 0 Å². The third kappa shape index (κ3) is 3.29. The van der Waals surface area contributed by atoms with Crippen molar-refractivity contribution in [3.05, 3.63) is 65.2 Å². The summed E-state index contributed by atoms with van der Waals surface area (Å²) in [6.07, 6.45) is -0.542. The van der Waals surface area contributed by atoms with E-state index in [1.165, 1.54) is 6.07 Å². The summed E-state index contributed by atoms with van der Waals surface area (Å²) in [7, 11) is 1.56. The molecule has 0 amide bonds. The van der Waals surface area contributed by atoms with Gasteiger partial charge in [0, 0.05) is 6.42 Å². The van der Waals surface area contributed by atoms with E-state index >= 15 is 0 Å². The number of methoxy groups -OCH3 is 1. The molecule has 0 aliphatic carbocycles. The van der Waals surface area contributed by atoms with Gasteiger partial charge in [0.15, 0.2) is 11.6 Å². The second-order valence-corrected chi connectivity index (χ2v) is 4.24. The molecule has 0 bridgehead atoms. The Bertz CT molecular complexity index is 553. The monoisotopic (exact) mass is 264 g/mol. The molecule has 2 rings (SSSR count). The summed E-state index contributed by atoms with van der Waals surface area (Å²) in [5.74, 6) is -1.09. The molecule has 0 aliphatic heterocycles. The molecule has 1 N–H and O–H groups in total. The number of rotatable bonds is 4. The zero-order valence-corrected chi connectivity index (χ0v) is 10.4. The van der Waals surface area contributed by atoms with E-state index in [0.29, 0.717) is 16.9 Å². The average molecular weight is 264 g/mol. The number of aliphatic hydroxyl groups is 1. The maximum Gasteiger partial charge on any atom is 0.159 e. The van der Waals surface area contributed by atoms with Crippen LogP contribution in [0.15, 0.2) is 42.5 Å². The van der Waals surface area contributed by atoms with Crippen LogP contribution in [0.4, 0.5) is 8.78 Å². The van der Waals surface area contributed by atoms with E-state index in [9.17, 15) is 13.9 Å². The predicted octanol–water partition coefficient (Wildman–Crippen LogP) is 3.25. The van der Waals surface area contributed by atoms with E-state index in [0.717, 1.165) is 12.1 Å². The van der Waals surface area contributed by atoms with E-state index < -0.39 is 17.7 Å². The van der Waals surface area contributed by atoms with E-state index in [2.05, 4.69) is 0 Å². The topological polar surface area (TPSA) is 29.5 Å². The second kappa shape index (κ2) is 5.80. The largest absolute Gasteiger partial charge is 0.497 e. The molecule has 19 heavy (non-hydrogen) atoms. The Kier molecular flexibility index (Phi) is 4.12. The summed E-state index contributed by atoms with van der Waals surface area (Å²) >= 11 is 0. The maximum absolute atomic E-state index is 13.1. The first-order valence-electron chi connectivity index (χ1n) is 5.86. The number of benzene rings is 2. The molecule has 2 nitrogen and oxygen atoms in total. The van der Waals surface area contributed by atoms with Crippen molar-refractivity contribution in [1.82, 2.24) is 0 Å². The molecule has 0 spiro atoms. The first-order chi connectivity index (χ1) is 9.10. The lowest BCUT2D eigenvalue weighted by Crippen LogP contribution is -2.02. The summed E-state index contributed by atoms with van der Waals surface area (Å²) in [5.41, 5.74) is 1.24. The van der Waals surface area contributed by atoms with Crippen molar-refractivity contribution in [1.29, 1.82) is 0 Å². The Morgan fingerprint density at radius 1 is 1.05 bits per heavy atom. The molecule has 1 unspecified atom stereocenters. The molecular formula is C15H14F2O2. The molecule has 0 heterocycles. The molecule has 0 saturated carbocycles. The lowest BCUT2D eigenvalue weighted by atomic mass is 10.0. The molecule has 0 radical (unpaired) electrons. The van der Waals surface area contributed by atoms with Crippen LogP contribution in [0.2, 0.25) is 0 Å². The van der Waals surface area contributed by atoms with Crippen LogP contribution in [0, 0.1) is 11.6 Å². The van der Waals surface area contributed by atoms with Gasteiger partial charge in [-0.25, -0.2) is 8.78 Å². The minimum absolute atomic E-state index is 0.226. The zero-order chi connectivity index (χ0) is 13.8. The minimum Gasteiger partial charge on any atom is -0.497 e. The second-order valence-electron chi connectivity index (χ2n) is 4.24. The molecule has 2 aromatic carbocycles. The molecule has 0 aliphatic rings. The van der Waals surface area contributed by atoms with Crippen LogP contribution in [0.5, 0.6) is 5.75 Å². The molecule has 1 atom stereocenters. The minimum atomic E-state index is -0.903. The van der Waals surface area contributed by atoms with Crippen molar-refractivity contribution in [3.63, 3.8) is 0 Å². The Balaban J connectivity index is 2.10. The van der Waals surface area contributed by atoms with Gasteiger partial charge in [-0.1, -0.05) is 18.2 Å². The van der Waals surface area contributed by atoms with Crippen molar-refractivity contribution in [2.75, 3.05) is 7.11 Å². The third-order valence-electron chi connectivity index (χ3n) is 2.91. The van der Waals surface area contributed by atoms with Crippen LogP contribution < -0.4 is 4.74 Å². The van der Waals surface area contributed by atoms with Crippen molar-refractivity contribution in [2.45, 2.75) is 12.5 Å². The van der Waals surface area contributed by atoms with Crippen LogP contribution in [-0.2, 0) is 6.42 Å². The number of halogens is 2. The van der Waals surface area contributed by atoms with Gasteiger partial charge in [-0.2, -0.15) is 0 Å². The summed E-state index contributed by atoms with van der Waals surface area (Å²) in [4.78, 5) is 0. The molecule has 2 aromatic rings. The highest BCUT2D eigenvalue weighted by Gasteiger charge is 2.10. The highest BCUT2D eigenvalue weighted by atomic mass is 19.2. The van der Waals surface area contributed by atoms with Crippen LogP contribution in [-0.4, -0.2) is 12.2 Å². The molecule has 0 aromatic heterocycles. The zero-order valence-electron chi connectivity index (χ0n) is 10.4. The highest BCUT2D eigenvalue weighted by molar-refractivity contribution is 5.29. The van der Waals surface area contributed by atoms with Gasteiger partial charge in [-0.3, -0.25) is 0 Å². The van der Waals surface area contributed by atoms with Gasteiger partial charge in [-0.05, 0) is 35.4 Å². The molecular weight excluding hydrogens is 250 g/mol. The van der Waals surface area contributed by atoms with E-state index in [4.69, 9.17) is 4.74 Å². The first kappa shape index (κ1) is 13.5. The Morgan fingerprint density at radius 2 is 1.74 bits per heavy atom. The van der Waals surface area contributed by atoms with Crippen molar-refractivity contribution in [3.8, 4) is 5.75 Å². The summed E-state index contributed by atoms with van der Waals surface area (Å²) < 4.78 is 30.9. The van der Waals surface area contributed by atoms with E-state index in [-0.39, 0.29) is 6.42 Å². The number of hydrogen-bond donors (Lipinski definition) is 1. The predicted molar refractivity (Wildman–Crippen MR) is 68.0 cm³/mol. The molecule has 0 fully saturated rings. The quantitative estimate of drug-likeness (QED) is 0.918. The molecule has 4 heteroatoms. The first-order valence-corrected chi connectivity index (χ1v) is 5.86. The average Bonchev–Trinajstić information content (AvgIpc) is 2.43. The third-order valence-corrected chi connectivity index (χ3v) is 2.91. The van der Waals surface area contributed by atoms with Crippen LogP contribution in [0.1, 0.15) is 17.2 Å². The normalized spacial score (nSPS) is 12.2. The fourth-order valence-corrected chi connectivity index (χ4v) is 1.83. The SMILES string of the molecule is COc1ccc(C(O)Cc2ccc(F)c(F)c2)cc1. The maximum atomic E-state index is 13.1. The van der Waals surface area contributed by atoms with Gasteiger partial charge in [0.05, 0.1) is 13.2 Å². The van der Waals surface area contributed by atoms with Gasteiger partial charge in [0.2, 0.25) is 0 Å². The van der Waals surface area contributed by atoms with E-state index in [1.807, 2.05) is 0 Å². The molecule has 0 saturated heterocycles. The summed E-state index contributed by atoms with van der Waals surface area (Å²) in [6.45, 7) is 0. The summed E-state index contributed by atoms with van der Waals surface area (Å²) in [5, 5.41) is 10.0. The van der Waals surface area contributed by atoms with Gasteiger partial charge in [0.1, 0.15) is 5.75 Å². The standard InChI is InChI=1S/C15H14F2O2/c1-19-12-5-3-11(4-6-12)15(18)9-10-2-7-13(16)14(17)8-10/h2-8,15,18H,9H2,1H3. The summed E-state index contributed by atoms with van der Waals surface area (Å²) in [6, 6.07) is 10.6. The van der Waals surface area contributed by atoms with Crippen LogP contribution in [0.25, 0.3) is 0 Å². The Labute approximate surface area is 110 Å². The van der Waals surface area contributed by atoms with Gasteiger partial charge in [-0.15, -0.1) is 0 Å². The van der Waals surface area contributed by atoms with Crippen LogP contribution >= 0.6 is 0 Å². The number of hydrogen-bond acceptors (Lipinski definition) is 2. The Morgan fingerprint density at radius 3 is 2.32 bits per heavy atom. The highest BCUT2D eigenvalue weighted by Crippen LogP contribution is 2.21. The lowest BCUT2D eigenvalue weighted by Gasteiger charge is -2.12. The fourth-order valence-electron chi connectivity index (χ4n) is 1.83. The lowest BCUT2D eigenvalue weighted by molar-refractivity contribution is 0.178. The number of aliphatic hydroxyl groups excluding tert-OH is 1. The van der Waals surface area contributed by atoms with Gasteiger partial charge in [0.25, 0.3) is 0 Å². The van der Waals surface area contributed by atoms with Crippen molar-refractivity contribution >= 4 is 0 Å². The Hall–Kier alpha value is -1.94.